The molecule has 0 aliphatic heterocycles. The Morgan fingerprint density at radius 2 is 1.61 bits per heavy atom. The first-order valence-electron chi connectivity index (χ1n) is 8.64. The van der Waals surface area contributed by atoms with Crippen LogP contribution in [0.5, 0.6) is 5.75 Å². The third-order valence-electron chi connectivity index (χ3n) is 4.13. The number of hydrogen-bond donors (Lipinski definition) is 2. The molecule has 0 aromatic heterocycles. The zero-order valence-electron chi connectivity index (χ0n) is 15.2. The van der Waals surface area contributed by atoms with Crippen molar-refractivity contribution in [2.45, 2.75) is 6.54 Å². The zero-order valence-corrected chi connectivity index (χ0v) is 15.2. The minimum Gasteiger partial charge on any atom is -0.497 e. The van der Waals surface area contributed by atoms with Gasteiger partial charge in [-0.05, 0) is 42.0 Å². The Hall–Kier alpha value is -3.67. The van der Waals surface area contributed by atoms with Gasteiger partial charge in [0, 0.05) is 6.54 Å². The van der Waals surface area contributed by atoms with E-state index in [9.17, 15) is 14.0 Å². The van der Waals surface area contributed by atoms with Crippen LogP contribution in [-0.4, -0.2) is 18.9 Å². The van der Waals surface area contributed by atoms with Crippen LogP contribution in [0.1, 0.15) is 26.3 Å². The van der Waals surface area contributed by atoms with Crippen molar-refractivity contribution in [3.8, 4) is 5.75 Å². The first-order valence-corrected chi connectivity index (χ1v) is 8.64. The molecule has 3 aromatic carbocycles. The predicted molar refractivity (Wildman–Crippen MR) is 105 cm³/mol. The van der Waals surface area contributed by atoms with E-state index in [1.54, 1.807) is 37.4 Å². The van der Waals surface area contributed by atoms with E-state index in [0.29, 0.717) is 18.0 Å². The lowest BCUT2D eigenvalue weighted by Gasteiger charge is -2.12. The number of benzene rings is 3. The van der Waals surface area contributed by atoms with Crippen LogP contribution in [0.4, 0.5) is 10.1 Å². The second-order valence-corrected chi connectivity index (χ2v) is 6.01. The fraction of sp³-hybridized carbons (Fsp3) is 0.0909. The monoisotopic (exact) mass is 378 g/mol. The fourth-order valence-corrected chi connectivity index (χ4v) is 2.69. The molecule has 3 aromatic rings. The number of para-hydroxylation sites is 1. The van der Waals surface area contributed by atoms with Crippen LogP contribution in [0.15, 0.2) is 72.8 Å². The molecule has 0 fully saturated rings. The Morgan fingerprint density at radius 1 is 0.893 bits per heavy atom. The minimum absolute atomic E-state index is 0.0888. The normalized spacial score (nSPS) is 10.2. The summed E-state index contributed by atoms with van der Waals surface area (Å²) in [5.74, 6) is -0.900. The smallest absolute Gasteiger partial charge is 0.258 e. The van der Waals surface area contributed by atoms with Crippen LogP contribution in [0, 0.1) is 5.82 Å². The highest BCUT2D eigenvalue weighted by Crippen LogP contribution is 2.18. The molecule has 2 amide bonds. The molecule has 0 saturated carbocycles. The summed E-state index contributed by atoms with van der Waals surface area (Å²) in [6.07, 6.45) is 0. The summed E-state index contributed by atoms with van der Waals surface area (Å²) in [5, 5.41) is 5.42. The van der Waals surface area contributed by atoms with Crippen LogP contribution in [0.25, 0.3) is 0 Å². The van der Waals surface area contributed by atoms with E-state index in [4.69, 9.17) is 4.74 Å². The van der Waals surface area contributed by atoms with Gasteiger partial charge in [-0.1, -0.05) is 36.4 Å². The zero-order chi connectivity index (χ0) is 19.9. The van der Waals surface area contributed by atoms with Crippen molar-refractivity contribution < 1.29 is 18.7 Å². The molecule has 0 saturated heterocycles. The van der Waals surface area contributed by atoms with E-state index in [-0.39, 0.29) is 17.0 Å². The number of rotatable bonds is 6. The van der Waals surface area contributed by atoms with Crippen molar-refractivity contribution in [2.24, 2.45) is 0 Å². The van der Waals surface area contributed by atoms with Crippen LogP contribution in [-0.2, 0) is 6.54 Å². The summed E-state index contributed by atoms with van der Waals surface area (Å²) >= 11 is 0. The molecule has 142 valence electrons. The fourth-order valence-electron chi connectivity index (χ4n) is 2.69. The lowest BCUT2D eigenvalue weighted by Crippen LogP contribution is -2.25. The number of hydrogen-bond acceptors (Lipinski definition) is 3. The highest BCUT2D eigenvalue weighted by atomic mass is 19.1. The summed E-state index contributed by atoms with van der Waals surface area (Å²) in [7, 11) is 1.58. The SMILES string of the molecule is COc1cccc(CNC(=O)c2ccccc2NC(=O)c2ccccc2F)c1. The first-order chi connectivity index (χ1) is 13.6. The summed E-state index contributed by atoms with van der Waals surface area (Å²) in [5.41, 5.74) is 1.38. The number of ether oxygens (including phenoxy) is 1. The molecule has 0 radical (unpaired) electrons. The largest absolute Gasteiger partial charge is 0.497 e. The molecule has 2 N–H and O–H groups in total. The summed E-state index contributed by atoms with van der Waals surface area (Å²) < 4.78 is 19.0. The van der Waals surface area contributed by atoms with Crippen molar-refractivity contribution in [3.63, 3.8) is 0 Å². The maximum atomic E-state index is 13.8. The molecule has 0 atom stereocenters. The third-order valence-corrected chi connectivity index (χ3v) is 4.13. The molecule has 0 heterocycles. The number of methoxy groups -OCH3 is 1. The van der Waals surface area contributed by atoms with E-state index in [1.807, 2.05) is 24.3 Å². The van der Waals surface area contributed by atoms with Crippen molar-refractivity contribution in [3.05, 3.63) is 95.3 Å². The van der Waals surface area contributed by atoms with Gasteiger partial charge in [0.05, 0.1) is 23.9 Å². The van der Waals surface area contributed by atoms with Crippen LogP contribution in [0.3, 0.4) is 0 Å². The standard InChI is InChI=1S/C22H19FN2O3/c1-28-16-8-6-7-15(13-16)14-24-21(26)18-10-3-5-12-20(18)25-22(27)17-9-2-4-11-19(17)23/h2-13H,14H2,1H3,(H,24,26)(H,25,27). The lowest BCUT2D eigenvalue weighted by molar-refractivity contribution is 0.0951. The van der Waals surface area contributed by atoms with Gasteiger partial charge in [-0.2, -0.15) is 0 Å². The number of nitrogens with one attached hydrogen (secondary N) is 2. The molecule has 28 heavy (non-hydrogen) atoms. The second kappa shape index (κ2) is 8.81. The van der Waals surface area contributed by atoms with Gasteiger partial charge in [0.1, 0.15) is 11.6 Å². The molecule has 0 spiro atoms. The molecule has 0 aliphatic carbocycles. The average Bonchev–Trinajstić information content (AvgIpc) is 2.73. The molecule has 0 unspecified atom stereocenters. The van der Waals surface area contributed by atoms with E-state index in [2.05, 4.69) is 10.6 Å². The van der Waals surface area contributed by atoms with Crippen molar-refractivity contribution >= 4 is 17.5 Å². The van der Waals surface area contributed by atoms with Crippen LogP contribution < -0.4 is 15.4 Å². The average molecular weight is 378 g/mol. The number of amides is 2. The van der Waals surface area contributed by atoms with Crippen molar-refractivity contribution in [1.29, 1.82) is 0 Å². The Labute approximate surface area is 162 Å². The van der Waals surface area contributed by atoms with E-state index in [1.165, 1.54) is 18.2 Å². The van der Waals surface area contributed by atoms with E-state index < -0.39 is 11.7 Å². The lowest BCUT2D eigenvalue weighted by atomic mass is 10.1. The molecular formula is C22H19FN2O3. The highest BCUT2D eigenvalue weighted by Gasteiger charge is 2.16. The quantitative estimate of drug-likeness (QED) is 0.681. The van der Waals surface area contributed by atoms with Crippen LogP contribution in [0.2, 0.25) is 0 Å². The number of carbonyl (C=O) groups is 2. The van der Waals surface area contributed by atoms with E-state index >= 15 is 0 Å². The van der Waals surface area contributed by atoms with Gasteiger partial charge in [0.2, 0.25) is 0 Å². The van der Waals surface area contributed by atoms with Gasteiger partial charge in [0.25, 0.3) is 11.8 Å². The maximum Gasteiger partial charge on any atom is 0.258 e. The van der Waals surface area contributed by atoms with Gasteiger partial charge in [0.15, 0.2) is 0 Å². The Bertz CT molecular complexity index is 1000. The molecule has 0 bridgehead atoms. The number of carbonyl (C=O) groups excluding carboxylic acids is 2. The van der Waals surface area contributed by atoms with Crippen LogP contribution >= 0.6 is 0 Å². The Morgan fingerprint density at radius 3 is 2.36 bits per heavy atom. The second-order valence-electron chi connectivity index (χ2n) is 6.01. The van der Waals surface area contributed by atoms with Gasteiger partial charge < -0.3 is 15.4 Å². The topological polar surface area (TPSA) is 67.4 Å². The Kier molecular flexibility index (Phi) is 6.01. The highest BCUT2D eigenvalue weighted by molar-refractivity contribution is 6.09. The number of anilines is 1. The Balaban J connectivity index is 1.73. The summed E-state index contributed by atoms with van der Waals surface area (Å²) in [6, 6.07) is 19.6. The first kappa shape index (κ1) is 19.1. The number of halogens is 1. The van der Waals surface area contributed by atoms with Gasteiger partial charge in [-0.15, -0.1) is 0 Å². The molecule has 5 nitrogen and oxygen atoms in total. The molecule has 3 rings (SSSR count). The maximum absolute atomic E-state index is 13.8. The summed E-state index contributed by atoms with van der Waals surface area (Å²) in [6.45, 7) is 0.297. The van der Waals surface area contributed by atoms with Gasteiger partial charge >= 0.3 is 0 Å². The van der Waals surface area contributed by atoms with Gasteiger partial charge in [-0.25, -0.2) is 4.39 Å². The van der Waals surface area contributed by atoms with Crippen molar-refractivity contribution in [1.82, 2.24) is 5.32 Å². The van der Waals surface area contributed by atoms with Gasteiger partial charge in [-0.3, -0.25) is 9.59 Å². The molecular weight excluding hydrogens is 359 g/mol. The summed E-state index contributed by atoms with van der Waals surface area (Å²) in [4.78, 5) is 25.0. The molecule has 6 heteroatoms. The van der Waals surface area contributed by atoms with Crippen molar-refractivity contribution in [2.75, 3.05) is 12.4 Å². The predicted octanol–water partition coefficient (Wildman–Crippen LogP) is 4.02. The van der Waals surface area contributed by atoms with E-state index in [0.717, 1.165) is 5.56 Å². The minimum atomic E-state index is -0.625. The molecule has 0 aliphatic rings. The third kappa shape index (κ3) is 4.54.